The first-order chi connectivity index (χ1) is 13.1. The van der Waals surface area contributed by atoms with Crippen LogP contribution >= 0.6 is 0 Å². The van der Waals surface area contributed by atoms with E-state index in [2.05, 4.69) is 0 Å². The monoisotopic (exact) mass is 438 g/mol. The van der Waals surface area contributed by atoms with Gasteiger partial charge in [-0.15, -0.1) is 5.06 Å². The second-order valence-electron chi connectivity index (χ2n) is 7.24. The molecule has 0 radical (unpaired) electrons. The smallest absolute Gasteiger partial charge is 0.747 e. The Morgan fingerprint density at radius 3 is 2.03 bits per heavy atom. The van der Waals surface area contributed by atoms with Crippen molar-refractivity contribution in [3.05, 3.63) is 0 Å². The zero-order chi connectivity index (χ0) is 20.6. The molecule has 3 aliphatic rings. The molecule has 0 spiro atoms. The second kappa shape index (κ2) is 9.21. The van der Waals surface area contributed by atoms with Gasteiger partial charge < -0.3 is 9.39 Å². The van der Waals surface area contributed by atoms with Crippen LogP contribution < -0.4 is 29.6 Å². The first-order valence-electron chi connectivity index (χ1n) is 8.94. The minimum atomic E-state index is -5.02. The molecule has 11 nitrogen and oxygen atoms in total. The van der Waals surface area contributed by atoms with Gasteiger partial charge in [0.1, 0.15) is 15.4 Å². The fourth-order valence-electron chi connectivity index (χ4n) is 3.73. The van der Waals surface area contributed by atoms with Gasteiger partial charge in [0, 0.05) is 19.4 Å². The van der Waals surface area contributed by atoms with E-state index < -0.39 is 45.5 Å². The Morgan fingerprint density at radius 1 is 1.00 bits per heavy atom. The Balaban J connectivity index is 0.00000300. The molecule has 2 aliphatic heterocycles. The number of hydrogen-bond acceptors (Lipinski definition) is 9. The topological polar surface area (TPSA) is 158 Å². The summed E-state index contributed by atoms with van der Waals surface area (Å²) in [5, 5.41) is -2.00. The molecule has 2 heterocycles. The summed E-state index contributed by atoms with van der Waals surface area (Å²) in [6.07, 6.45) is 1.45. The van der Waals surface area contributed by atoms with Gasteiger partial charge in [0.25, 0.3) is 11.8 Å². The van der Waals surface area contributed by atoms with Gasteiger partial charge in [0.15, 0.2) is 0 Å². The summed E-state index contributed by atoms with van der Waals surface area (Å²) in [5.74, 6) is -4.20. The van der Waals surface area contributed by atoms with Crippen molar-refractivity contribution in [2.75, 3.05) is 6.54 Å². The van der Waals surface area contributed by atoms with Crippen LogP contribution in [0.5, 0.6) is 0 Å². The third-order valence-electron chi connectivity index (χ3n) is 5.37. The van der Waals surface area contributed by atoms with E-state index in [1.54, 1.807) is 0 Å². The number of carbonyl (C=O) groups excluding carboxylic acids is 5. The average molecular weight is 438 g/mol. The summed E-state index contributed by atoms with van der Waals surface area (Å²) < 4.78 is 33.0. The average Bonchev–Trinajstić information content (AvgIpc) is 3.09. The maximum atomic E-state index is 12.2. The zero-order valence-corrected chi connectivity index (χ0v) is 18.7. The van der Waals surface area contributed by atoms with Crippen molar-refractivity contribution in [2.45, 2.75) is 50.2 Å². The number of hydroxylamine groups is 2. The van der Waals surface area contributed by atoms with Crippen LogP contribution in [0.4, 0.5) is 0 Å². The van der Waals surface area contributed by atoms with Crippen molar-refractivity contribution >= 4 is 39.7 Å². The molecular weight excluding hydrogens is 419 g/mol. The largest absolute Gasteiger partial charge is 1.00 e. The standard InChI is InChI=1S/C16H20N2O9S.Na/c19-12-5-6-13(20)17(12)8-9-1-3-10(4-2-9)16(23)27-18-14(21)7-11(15(18)22)28(24,25)26;/h9-11H,1-8H2,(H,24,25,26);/q;+1/p-1. The van der Waals surface area contributed by atoms with Crippen molar-refractivity contribution in [1.82, 2.24) is 9.96 Å². The van der Waals surface area contributed by atoms with Crippen molar-refractivity contribution in [1.29, 1.82) is 0 Å². The van der Waals surface area contributed by atoms with E-state index in [0.717, 1.165) is 0 Å². The zero-order valence-electron chi connectivity index (χ0n) is 15.9. The van der Waals surface area contributed by atoms with Crippen molar-refractivity contribution in [3.8, 4) is 0 Å². The normalized spacial score (nSPS) is 28.0. The van der Waals surface area contributed by atoms with Crippen LogP contribution in [-0.4, -0.2) is 64.3 Å². The molecule has 0 N–H and O–H groups in total. The van der Waals surface area contributed by atoms with Crippen LogP contribution in [0.1, 0.15) is 44.9 Å². The van der Waals surface area contributed by atoms with Crippen molar-refractivity contribution in [3.63, 3.8) is 0 Å². The van der Waals surface area contributed by atoms with Gasteiger partial charge in [-0.3, -0.25) is 24.1 Å². The fourth-order valence-corrected chi connectivity index (χ4v) is 4.42. The van der Waals surface area contributed by atoms with E-state index in [9.17, 15) is 36.9 Å². The molecule has 3 fully saturated rings. The Hall–Kier alpha value is -1.34. The Kier molecular flexibility index (Phi) is 7.60. The van der Waals surface area contributed by atoms with E-state index in [0.29, 0.717) is 32.2 Å². The number of amides is 4. The van der Waals surface area contributed by atoms with Gasteiger partial charge in [-0.1, -0.05) is 0 Å². The van der Waals surface area contributed by atoms with Gasteiger partial charge in [0.2, 0.25) is 11.8 Å². The van der Waals surface area contributed by atoms with E-state index >= 15 is 0 Å². The molecule has 13 heteroatoms. The molecule has 0 bridgehead atoms. The van der Waals surface area contributed by atoms with Gasteiger partial charge in [0.05, 0.1) is 12.3 Å². The molecule has 0 aromatic carbocycles. The molecule has 4 amide bonds. The predicted octanol–water partition coefficient (Wildman–Crippen LogP) is -3.92. The molecule has 1 saturated carbocycles. The second-order valence-corrected chi connectivity index (χ2v) is 8.79. The molecule has 1 aliphatic carbocycles. The summed E-state index contributed by atoms with van der Waals surface area (Å²) in [7, 11) is -5.02. The molecule has 3 rings (SSSR count). The SMILES string of the molecule is O=C(ON1C(=O)CC(S(=O)(=O)[O-])C1=O)C1CCC(CN2C(=O)CCC2=O)CC1.[Na+]. The summed E-state index contributed by atoms with van der Waals surface area (Å²) >= 11 is 0. The first-order valence-corrected chi connectivity index (χ1v) is 10.4. The fraction of sp³-hybridized carbons (Fsp3) is 0.688. The van der Waals surface area contributed by atoms with Gasteiger partial charge in [-0.2, -0.15) is 0 Å². The molecule has 1 atom stereocenters. The maximum Gasteiger partial charge on any atom is 1.00 e. The molecule has 0 aromatic heterocycles. The molecule has 29 heavy (non-hydrogen) atoms. The molecule has 1 unspecified atom stereocenters. The number of likely N-dealkylation sites (tertiary alicyclic amines) is 1. The van der Waals surface area contributed by atoms with Crippen LogP contribution in [0.15, 0.2) is 0 Å². The molecule has 0 aromatic rings. The van der Waals surface area contributed by atoms with Gasteiger partial charge >= 0.3 is 35.5 Å². The Morgan fingerprint density at radius 2 is 1.55 bits per heavy atom. The quantitative estimate of drug-likeness (QED) is 0.237. The first kappa shape index (κ1) is 23.9. The van der Waals surface area contributed by atoms with E-state index in [-0.39, 0.29) is 65.2 Å². The van der Waals surface area contributed by atoms with Crippen LogP contribution in [0.2, 0.25) is 0 Å². The number of imide groups is 2. The van der Waals surface area contributed by atoms with E-state index in [4.69, 9.17) is 4.84 Å². The minimum Gasteiger partial charge on any atom is -0.747 e. The van der Waals surface area contributed by atoms with Gasteiger partial charge in [-0.25, -0.2) is 13.2 Å². The van der Waals surface area contributed by atoms with Crippen LogP contribution in [0.25, 0.3) is 0 Å². The van der Waals surface area contributed by atoms with E-state index in [1.165, 1.54) is 4.90 Å². The van der Waals surface area contributed by atoms with Crippen LogP contribution in [-0.2, 0) is 38.9 Å². The maximum absolute atomic E-state index is 12.2. The van der Waals surface area contributed by atoms with Crippen LogP contribution in [0, 0.1) is 11.8 Å². The number of nitrogens with zero attached hydrogens (tertiary/aromatic N) is 2. The molecule has 154 valence electrons. The van der Waals surface area contributed by atoms with Gasteiger partial charge in [-0.05, 0) is 31.6 Å². The minimum absolute atomic E-state index is 0. The predicted molar refractivity (Wildman–Crippen MR) is 87.4 cm³/mol. The van der Waals surface area contributed by atoms with Crippen molar-refractivity contribution < 1.29 is 71.3 Å². The van der Waals surface area contributed by atoms with Crippen molar-refractivity contribution in [2.24, 2.45) is 11.8 Å². The van der Waals surface area contributed by atoms with E-state index in [1.807, 2.05) is 0 Å². The third kappa shape index (κ3) is 5.23. The summed E-state index contributed by atoms with van der Waals surface area (Å²) in [4.78, 5) is 65.2. The summed E-state index contributed by atoms with van der Waals surface area (Å²) in [6, 6.07) is 0. The number of rotatable bonds is 5. The van der Waals surface area contributed by atoms with Crippen LogP contribution in [0.3, 0.4) is 0 Å². The summed E-state index contributed by atoms with van der Waals surface area (Å²) in [6.45, 7) is 0.311. The Labute approximate surface area is 189 Å². The molecular formula is C16H19N2NaO9S. The Bertz CT molecular complexity index is 819. The third-order valence-corrected chi connectivity index (χ3v) is 6.43. The number of carbonyl (C=O) groups is 5. The summed E-state index contributed by atoms with van der Waals surface area (Å²) in [5.41, 5.74) is 0. The number of hydrogen-bond donors (Lipinski definition) is 0. The molecule has 2 saturated heterocycles.